The maximum Gasteiger partial charge on any atom is 0.316 e. The Hall–Kier alpha value is -1.90. The van der Waals surface area contributed by atoms with Crippen molar-refractivity contribution in [2.75, 3.05) is 5.32 Å². The highest BCUT2D eigenvalue weighted by Crippen LogP contribution is 2.21. The Morgan fingerprint density at radius 2 is 1.83 bits per heavy atom. The minimum absolute atomic E-state index is 0.186. The maximum atomic E-state index is 12.4. The van der Waals surface area contributed by atoms with Gasteiger partial charge in [-0.2, -0.15) is 0 Å². The fourth-order valence-corrected chi connectivity index (χ4v) is 3.83. The van der Waals surface area contributed by atoms with Crippen LogP contribution in [0.2, 0.25) is 0 Å². The van der Waals surface area contributed by atoms with Crippen LogP contribution in [0.3, 0.4) is 0 Å². The molecule has 122 valence electrons. The molecule has 0 aliphatic heterocycles. The first-order valence-corrected chi connectivity index (χ1v) is 9.00. The van der Waals surface area contributed by atoms with E-state index in [0.29, 0.717) is 10.2 Å². The van der Waals surface area contributed by atoms with Gasteiger partial charge in [0, 0.05) is 16.2 Å². The predicted octanol–water partition coefficient (Wildman–Crippen LogP) is 2.98. The SMILES string of the molecule is C[C@H](NS(=O)(=O)c1cccc(Br)c1)c1ccc(NC(N)=O)cc1. The first-order valence-electron chi connectivity index (χ1n) is 6.72. The molecule has 8 heteroatoms. The molecule has 6 nitrogen and oxygen atoms in total. The van der Waals surface area contributed by atoms with Crippen LogP contribution < -0.4 is 15.8 Å². The molecular formula is C15H16BrN3O3S. The van der Waals surface area contributed by atoms with Crippen molar-refractivity contribution in [1.82, 2.24) is 4.72 Å². The van der Waals surface area contributed by atoms with Gasteiger partial charge in [-0.15, -0.1) is 0 Å². The van der Waals surface area contributed by atoms with Crippen molar-refractivity contribution in [1.29, 1.82) is 0 Å². The number of hydrogen-bond donors (Lipinski definition) is 3. The van der Waals surface area contributed by atoms with Gasteiger partial charge in [0.2, 0.25) is 10.0 Å². The number of anilines is 1. The van der Waals surface area contributed by atoms with Gasteiger partial charge in [0.1, 0.15) is 0 Å². The molecular weight excluding hydrogens is 382 g/mol. The van der Waals surface area contributed by atoms with Gasteiger partial charge >= 0.3 is 6.03 Å². The number of urea groups is 1. The molecule has 2 amide bonds. The average molecular weight is 398 g/mol. The Morgan fingerprint density at radius 3 is 2.39 bits per heavy atom. The van der Waals surface area contributed by atoms with Gasteiger partial charge in [-0.3, -0.25) is 0 Å². The largest absolute Gasteiger partial charge is 0.351 e. The van der Waals surface area contributed by atoms with E-state index in [1.165, 1.54) is 12.1 Å². The Morgan fingerprint density at radius 1 is 1.17 bits per heavy atom. The molecule has 0 aliphatic carbocycles. The Balaban J connectivity index is 2.14. The van der Waals surface area contributed by atoms with Crippen LogP contribution >= 0.6 is 15.9 Å². The number of halogens is 1. The van der Waals surface area contributed by atoms with Crippen molar-refractivity contribution in [2.24, 2.45) is 5.73 Å². The lowest BCUT2D eigenvalue weighted by Crippen LogP contribution is -2.27. The lowest BCUT2D eigenvalue weighted by Gasteiger charge is -2.15. The second-order valence-corrected chi connectivity index (χ2v) is 7.54. The molecule has 0 aliphatic rings. The Kier molecular flexibility index (Phi) is 5.40. The summed E-state index contributed by atoms with van der Waals surface area (Å²) >= 11 is 3.26. The van der Waals surface area contributed by atoms with Crippen molar-refractivity contribution in [3.63, 3.8) is 0 Å². The molecule has 0 radical (unpaired) electrons. The van der Waals surface area contributed by atoms with Crippen molar-refractivity contribution in [3.8, 4) is 0 Å². The molecule has 0 saturated carbocycles. The van der Waals surface area contributed by atoms with Crippen molar-refractivity contribution in [2.45, 2.75) is 17.9 Å². The summed E-state index contributed by atoms with van der Waals surface area (Å²) in [7, 11) is -3.63. The van der Waals surface area contributed by atoms with E-state index in [9.17, 15) is 13.2 Å². The van der Waals surface area contributed by atoms with Crippen LogP contribution in [0.4, 0.5) is 10.5 Å². The molecule has 0 fully saturated rings. The fraction of sp³-hybridized carbons (Fsp3) is 0.133. The molecule has 0 bridgehead atoms. The third-order valence-electron chi connectivity index (χ3n) is 3.12. The molecule has 0 unspecified atom stereocenters. The zero-order chi connectivity index (χ0) is 17.0. The topological polar surface area (TPSA) is 101 Å². The number of hydrogen-bond acceptors (Lipinski definition) is 3. The van der Waals surface area contributed by atoms with Crippen LogP contribution in [0, 0.1) is 0 Å². The van der Waals surface area contributed by atoms with Gasteiger partial charge in [0.05, 0.1) is 4.90 Å². The van der Waals surface area contributed by atoms with E-state index in [-0.39, 0.29) is 4.90 Å². The molecule has 23 heavy (non-hydrogen) atoms. The molecule has 0 aromatic heterocycles. The standard InChI is InChI=1S/C15H16BrN3O3S/c1-10(11-5-7-13(8-6-11)18-15(17)20)19-23(21,22)14-4-2-3-12(16)9-14/h2-10,19H,1H3,(H3,17,18,20)/t10-/m0/s1. The maximum absolute atomic E-state index is 12.4. The van der Waals surface area contributed by atoms with Gasteiger partial charge in [-0.1, -0.05) is 34.1 Å². The van der Waals surface area contributed by atoms with Gasteiger partial charge in [-0.05, 0) is 42.8 Å². The Labute approximate surface area is 143 Å². The highest BCUT2D eigenvalue weighted by Gasteiger charge is 2.18. The number of primary amides is 1. The number of nitrogens with two attached hydrogens (primary N) is 1. The smallest absolute Gasteiger partial charge is 0.316 e. The van der Waals surface area contributed by atoms with Crippen LogP contribution in [0.5, 0.6) is 0 Å². The molecule has 0 spiro atoms. The number of rotatable bonds is 5. The summed E-state index contributed by atoms with van der Waals surface area (Å²) in [5, 5.41) is 2.45. The highest BCUT2D eigenvalue weighted by atomic mass is 79.9. The number of carbonyl (C=O) groups excluding carboxylic acids is 1. The second kappa shape index (κ2) is 7.12. The zero-order valence-corrected chi connectivity index (χ0v) is 14.7. The first kappa shape index (κ1) is 17.5. The highest BCUT2D eigenvalue weighted by molar-refractivity contribution is 9.10. The average Bonchev–Trinajstić information content (AvgIpc) is 2.47. The summed E-state index contributed by atoms with van der Waals surface area (Å²) in [4.78, 5) is 11.0. The third-order valence-corrected chi connectivity index (χ3v) is 5.15. The van der Waals surface area contributed by atoms with E-state index in [0.717, 1.165) is 5.56 Å². The van der Waals surface area contributed by atoms with Crippen LogP contribution in [-0.2, 0) is 10.0 Å². The summed E-state index contributed by atoms with van der Waals surface area (Å²) < 4.78 is 28.1. The van der Waals surface area contributed by atoms with E-state index >= 15 is 0 Å². The minimum atomic E-state index is -3.63. The molecule has 2 aromatic rings. The van der Waals surface area contributed by atoms with E-state index in [4.69, 9.17) is 5.73 Å². The number of sulfonamides is 1. The molecule has 0 heterocycles. The van der Waals surface area contributed by atoms with Gasteiger partial charge in [-0.25, -0.2) is 17.9 Å². The molecule has 1 atom stereocenters. The monoisotopic (exact) mass is 397 g/mol. The van der Waals surface area contributed by atoms with Crippen LogP contribution in [0.25, 0.3) is 0 Å². The number of benzene rings is 2. The normalized spacial score (nSPS) is 12.6. The van der Waals surface area contributed by atoms with Crippen molar-refractivity contribution >= 4 is 37.7 Å². The second-order valence-electron chi connectivity index (χ2n) is 4.91. The molecule has 2 rings (SSSR count). The molecule has 4 N–H and O–H groups in total. The van der Waals surface area contributed by atoms with Gasteiger partial charge < -0.3 is 11.1 Å². The van der Waals surface area contributed by atoms with E-state index in [2.05, 4.69) is 26.0 Å². The predicted molar refractivity (Wildman–Crippen MR) is 92.5 cm³/mol. The summed E-state index contributed by atoms with van der Waals surface area (Å²) in [6.45, 7) is 1.74. The molecule has 0 saturated heterocycles. The number of carbonyl (C=O) groups is 1. The number of amides is 2. The zero-order valence-electron chi connectivity index (χ0n) is 12.3. The lowest BCUT2D eigenvalue weighted by molar-refractivity contribution is 0.259. The van der Waals surface area contributed by atoms with E-state index < -0.39 is 22.1 Å². The Bertz CT molecular complexity index is 807. The first-order chi connectivity index (χ1) is 10.8. The van der Waals surface area contributed by atoms with E-state index in [1.54, 1.807) is 43.3 Å². The third kappa shape index (κ3) is 4.78. The lowest BCUT2D eigenvalue weighted by atomic mass is 10.1. The quantitative estimate of drug-likeness (QED) is 0.722. The van der Waals surface area contributed by atoms with Crippen molar-refractivity contribution < 1.29 is 13.2 Å². The van der Waals surface area contributed by atoms with Crippen LogP contribution in [0.1, 0.15) is 18.5 Å². The summed E-state index contributed by atoms with van der Waals surface area (Å²) in [5.74, 6) is 0. The van der Waals surface area contributed by atoms with Gasteiger partial charge in [0.15, 0.2) is 0 Å². The summed E-state index contributed by atoms with van der Waals surface area (Å²) in [6, 6.07) is 12.2. The summed E-state index contributed by atoms with van der Waals surface area (Å²) in [6.07, 6.45) is 0. The molecule has 2 aromatic carbocycles. The minimum Gasteiger partial charge on any atom is -0.351 e. The van der Waals surface area contributed by atoms with E-state index in [1.807, 2.05) is 0 Å². The fourth-order valence-electron chi connectivity index (χ4n) is 2.00. The number of nitrogens with one attached hydrogen (secondary N) is 2. The van der Waals surface area contributed by atoms with Crippen LogP contribution in [-0.4, -0.2) is 14.4 Å². The summed E-state index contributed by atoms with van der Waals surface area (Å²) in [5.41, 5.74) is 6.34. The van der Waals surface area contributed by atoms with Crippen LogP contribution in [0.15, 0.2) is 57.9 Å². The van der Waals surface area contributed by atoms with Gasteiger partial charge in [0.25, 0.3) is 0 Å². The van der Waals surface area contributed by atoms with Crippen molar-refractivity contribution in [3.05, 3.63) is 58.6 Å².